The van der Waals surface area contributed by atoms with Crippen LogP contribution in [0.5, 0.6) is 0 Å². The zero-order chi connectivity index (χ0) is 12.4. The molecule has 1 aliphatic rings. The van der Waals surface area contributed by atoms with Crippen LogP contribution in [0.3, 0.4) is 0 Å². The molecule has 4 N–H and O–H groups in total. The first-order valence-corrected chi connectivity index (χ1v) is 5.33. The number of aliphatic hydroxyl groups is 1. The average Bonchev–Trinajstić information content (AvgIpc) is 2.74. The van der Waals surface area contributed by atoms with Gasteiger partial charge in [-0.25, -0.2) is 0 Å². The summed E-state index contributed by atoms with van der Waals surface area (Å²) in [6.07, 6.45) is -0.479. The summed E-state index contributed by atoms with van der Waals surface area (Å²) in [5.74, 6) is -0.149. The predicted octanol–water partition coefficient (Wildman–Crippen LogP) is -1.39. The lowest BCUT2D eigenvalue weighted by atomic mass is 10.2. The fraction of sp³-hybridized carbons (Fsp3) is 0.667. The van der Waals surface area contributed by atoms with E-state index in [-0.39, 0.29) is 36.5 Å². The molecule has 0 aliphatic carbocycles. The van der Waals surface area contributed by atoms with Crippen molar-refractivity contribution in [1.82, 2.24) is 20.1 Å². The van der Waals surface area contributed by atoms with Gasteiger partial charge < -0.3 is 20.5 Å². The number of carbonyl (C=O) groups is 1. The van der Waals surface area contributed by atoms with Gasteiger partial charge in [0, 0.05) is 13.1 Å². The van der Waals surface area contributed by atoms with Gasteiger partial charge in [-0.15, -0.1) is 5.10 Å². The molecule has 2 rings (SSSR count). The van der Waals surface area contributed by atoms with Gasteiger partial charge in [0.05, 0.1) is 18.8 Å². The Hall–Kier alpha value is -1.67. The van der Waals surface area contributed by atoms with Crippen LogP contribution in [0.4, 0.5) is 5.95 Å². The minimum absolute atomic E-state index is 0.0355. The third kappa shape index (κ3) is 2.53. The number of carbonyl (C=O) groups excluding carboxylic acids is 1. The topological polar surface area (TPSA) is 117 Å². The van der Waals surface area contributed by atoms with Crippen LogP contribution in [0.25, 0.3) is 0 Å². The van der Waals surface area contributed by atoms with E-state index in [9.17, 15) is 4.79 Å². The van der Waals surface area contributed by atoms with Crippen LogP contribution in [0.15, 0.2) is 0 Å². The number of nitrogens with zero attached hydrogens (tertiary/aromatic N) is 3. The van der Waals surface area contributed by atoms with Gasteiger partial charge >= 0.3 is 0 Å². The molecule has 0 spiro atoms. The predicted molar refractivity (Wildman–Crippen MR) is 58.1 cm³/mol. The monoisotopic (exact) mass is 241 g/mol. The fourth-order valence-electron chi connectivity index (χ4n) is 1.83. The number of morpholine rings is 1. The molecule has 1 aliphatic heterocycles. The van der Waals surface area contributed by atoms with E-state index >= 15 is 0 Å². The number of nitrogen functional groups attached to an aromatic ring is 1. The molecule has 17 heavy (non-hydrogen) atoms. The molecule has 0 aromatic carbocycles. The van der Waals surface area contributed by atoms with Gasteiger partial charge in [-0.05, 0) is 6.92 Å². The largest absolute Gasteiger partial charge is 0.394 e. The van der Waals surface area contributed by atoms with Gasteiger partial charge in [0.25, 0.3) is 5.91 Å². The van der Waals surface area contributed by atoms with Gasteiger partial charge in [0.1, 0.15) is 0 Å². The first-order chi connectivity index (χ1) is 8.10. The third-order valence-corrected chi connectivity index (χ3v) is 2.52. The number of H-pyrrole nitrogens is 1. The van der Waals surface area contributed by atoms with Crippen molar-refractivity contribution < 1.29 is 14.6 Å². The summed E-state index contributed by atoms with van der Waals surface area (Å²) in [6.45, 7) is 2.51. The van der Waals surface area contributed by atoms with E-state index < -0.39 is 0 Å². The Kier molecular flexibility index (Phi) is 3.25. The summed E-state index contributed by atoms with van der Waals surface area (Å²) in [5, 5.41) is 15.1. The van der Waals surface area contributed by atoms with E-state index in [0.717, 1.165) is 0 Å². The fourth-order valence-corrected chi connectivity index (χ4v) is 1.83. The number of nitrogens with one attached hydrogen (secondary N) is 1. The van der Waals surface area contributed by atoms with Crippen LogP contribution in [0.2, 0.25) is 0 Å². The molecule has 2 unspecified atom stereocenters. The highest BCUT2D eigenvalue weighted by molar-refractivity contribution is 5.90. The third-order valence-electron chi connectivity index (χ3n) is 2.52. The molecule has 2 atom stereocenters. The Labute approximate surface area is 97.8 Å². The van der Waals surface area contributed by atoms with Crippen LogP contribution in [-0.2, 0) is 4.74 Å². The number of hydrogen-bond donors (Lipinski definition) is 3. The van der Waals surface area contributed by atoms with Gasteiger partial charge in [-0.1, -0.05) is 0 Å². The lowest BCUT2D eigenvalue weighted by Crippen LogP contribution is -2.50. The van der Waals surface area contributed by atoms with Crippen molar-refractivity contribution >= 4 is 11.9 Å². The second-order valence-electron chi connectivity index (χ2n) is 4.00. The highest BCUT2D eigenvalue weighted by Crippen LogP contribution is 2.13. The molecule has 94 valence electrons. The maximum Gasteiger partial charge on any atom is 0.291 e. The van der Waals surface area contributed by atoms with Crippen LogP contribution in [0, 0.1) is 0 Å². The molecule has 1 aromatic rings. The maximum atomic E-state index is 12.0. The highest BCUT2D eigenvalue weighted by atomic mass is 16.5. The summed E-state index contributed by atoms with van der Waals surface area (Å²) in [5.41, 5.74) is 5.34. The number of hydrogen-bond acceptors (Lipinski definition) is 6. The minimum atomic E-state index is -0.358. The lowest BCUT2D eigenvalue weighted by Gasteiger charge is -2.35. The number of nitrogens with two attached hydrogens (primary N) is 1. The van der Waals surface area contributed by atoms with Crippen molar-refractivity contribution in [2.24, 2.45) is 0 Å². The molecule has 0 saturated carbocycles. The Morgan fingerprint density at radius 3 is 3.06 bits per heavy atom. The Morgan fingerprint density at radius 2 is 2.47 bits per heavy atom. The van der Waals surface area contributed by atoms with Crippen LogP contribution in [0.1, 0.15) is 17.5 Å². The van der Waals surface area contributed by atoms with E-state index in [4.69, 9.17) is 15.6 Å². The van der Waals surface area contributed by atoms with Crippen molar-refractivity contribution in [3.63, 3.8) is 0 Å². The molecular formula is C9H15N5O3. The molecule has 2 heterocycles. The molecule has 0 bridgehead atoms. The number of aromatic nitrogens is 3. The van der Waals surface area contributed by atoms with Gasteiger partial charge in [0.15, 0.2) is 0 Å². The van der Waals surface area contributed by atoms with E-state index in [1.54, 1.807) is 4.90 Å². The van der Waals surface area contributed by atoms with Crippen LogP contribution >= 0.6 is 0 Å². The second kappa shape index (κ2) is 4.68. The number of anilines is 1. The maximum absolute atomic E-state index is 12.0. The van der Waals surface area contributed by atoms with Gasteiger partial charge in [0.2, 0.25) is 11.8 Å². The van der Waals surface area contributed by atoms with E-state index in [2.05, 4.69) is 15.2 Å². The molecule has 8 heteroatoms. The second-order valence-corrected chi connectivity index (χ2v) is 4.00. The standard InChI is InChI=1S/C9H15N5O3/c1-5-2-14(3-6(4-15)17-5)8(16)7-11-9(10)13-12-7/h5-6,15H,2-4H2,1H3,(H3,10,11,12,13). The lowest BCUT2D eigenvalue weighted by molar-refractivity contribution is -0.0860. The quantitative estimate of drug-likeness (QED) is 0.586. The van der Waals surface area contributed by atoms with Crippen molar-refractivity contribution in [2.45, 2.75) is 19.1 Å². The number of ether oxygens (including phenoxy) is 1. The normalized spacial score (nSPS) is 24.9. The van der Waals surface area contributed by atoms with Crippen LogP contribution in [-0.4, -0.2) is 63.0 Å². The van der Waals surface area contributed by atoms with E-state index in [1.807, 2.05) is 6.92 Å². The summed E-state index contributed by atoms with van der Waals surface area (Å²) in [4.78, 5) is 17.4. The average molecular weight is 241 g/mol. The van der Waals surface area contributed by atoms with Crippen molar-refractivity contribution in [1.29, 1.82) is 0 Å². The number of amides is 1. The van der Waals surface area contributed by atoms with Gasteiger partial charge in [-0.2, -0.15) is 4.98 Å². The Bertz CT molecular complexity index is 407. The minimum Gasteiger partial charge on any atom is -0.394 e. The number of aromatic amines is 1. The zero-order valence-electron chi connectivity index (χ0n) is 9.46. The van der Waals surface area contributed by atoms with E-state index in [1.165, 1.54) is 0 Å². The Balaban J connectivity index is 2.08. The summed E-state index contributed by atoms with van der Waals surface area (Å²) >= 11 is 0. The molecule has 1 saturated heterocycles. The summed E-state index contributed by atoms with van der Waals surface area (Å²) in [6, 6.07) is 0. The Morgan fingerprint density at radius 1 is 1.71 bits per heavy atom. The molecule has 0 radical (unpaired) electrons. The van der Waals surface area contributed by atoms with Crippen molar-refractivity contribution in [3.8, 4) is 0 Å². The van der Waals surface area contributed by atoms with Crippen LogP contribution < -0.4 is 5.73 Å². The highest BCUT2D eigenvalue weighted by Gasteiger charge is 2.29. The molecule has 1 fully saturated rings. The molecule has 8 nitrogen and oxygen atoms in total. The smallest absolute Gasteiger partial charge is 0.291 e. The first kappa shape index (κ1) is 11.8. The SMILES string of the molecule is CC1CN(C(=O)c2nc(N)n[nH]2)CC(CO)O1. The first-order valence-electron chi connectivity index (χ1n) is 5.33. The van der Waals surface area contributed by atoms with Crippen molar-refractivity contribution in [3.05, 3.63) is 5.82 Å². The number of aliphatic hydroxyl groups excluding tert-OH is 1. The van der Waals surface area contributed by atoms with Gasteiger partial charge in [-0.3, -0.25) is 9.89 Å². The summed E-state index contributed by atoms with van der Waals surface area (Å²) in [7, 11) is 0. The molecular weight excluding hydrogens is 226 g/mol. The molecule has 1 amide bonds. The van der Waals surface area contributed by atoms with Crippen molar-refractivity contribution in [2.75, 3.05) is 25.4 Å². The number of rotatable bonds is 2. The summed E-state index contributed by atoms with van der Waals surface area (Å²) < 4.78 is 5.44. The molecule has 1 aromatic heterocycles. The zero-order valence-corrected chi connectivity index (χ0v) is 9.46. The van der Waals surface area contributed by atoms with E-state index in [0.29, 0.717) is 13.1 Å².